The molecule has 1 atom stereocenters. The molecule has 88 valence electrons. The van der Waals surface area contributed by atoms with Gasteiger partial charge in [0.05, 0.1) is 6.42 Å². The zero-order chi connectivity index (χ0) is 12.5. The number of nitrogens with zero attached hydrogens (tertiary/aromatic N) is 1. The smallest absolute Gasteiger partial charge is 0.380 e. The first-order chi connectivity index (χ1) is 7.25. The summed E-state index contributed by atoms with van der Waals surface area (Å²) in [6, 6.07) is 0. The standard InChI is InChI=1S/C7H8N2O7/c1-7(14)2-3(10)9(4(7)11)6(13)16-15-5(8)12/h14H,2H2,1H3,(H2,8,12). The van der Waals surface area contributed by atoms with Crippen LogP contribution in [0.3, 0.4) is 0 Å². The highest BCUT2D eigenvalue weighted by atomic mass is 17.2. The van der Waals surface area contributed by atoms with Crippen molar-refractivity contribution in [2.24, 2.45) is 5.73 Å². The van der Waals surface area contributed by atoms with E-state index in [0.717, 1.165) is 6.92 Å². The molecule has 0 aromatic rings. The molecule has 0 aromatic heterocycles. The minimum absolute atomic E-state index is 0.0307. The van der Waals surface area contributed by atoms with Gasteiger partial charge in [0.15, 0.2) is 0 Å². The van der Waals surface area contributed by atoms with Crippen LogP contribution in [-0.4, -0.2) is 39.6 Å². The van der Waals surface area contributed by atoms with Gasteiger partial charge < -0.3 is 10.8 Å². The van der Waals surface area contributed by atoms with E-state index in [0.29, 0.717) is 0 Å². The van der Waals surface area contributed by atoms with E-state index in [2.05, 4.69) is 15.5 Å². The molecule has 16 heavy (non-hydrogen) atoms. The number of hydrogen-bond donors (Lipinski definition) is 2. The fraction of sp³-hybridized carbons (Fsp3) is 0.429. The second-order valence-electron chi connectivity index (χ2n) is 3.24. The van der Waals surface area contributed by atoms with Crippen molar-refractivity contribution in [2.75, 3.05) is 0 Å². The molecule has 3 N–H and O–H groups in total. The summed E-state index contributed by atoms with van der Waals surface area (Å²) in [7, 11) is 0. The molecule has 0 bridgehead atoms. The Balaban J connectivity index is 2.74. The molecule has 1 rings (SSSR count). The number of primary amides is 1. The fourth-order valence-corrected chi connectivity index (χ4v) is 1.10. The topological polar surface area (TPSA) is 136 Å². The molecule has 4 amide bonds. The first kappa shape index (κ1) is 11.9. The Labute approximate surface area is 88.6 Å². The van der Waals surface area contributed by atoms with Crippen molar-refractivity contribution in [3.05, 3.63) is 0 Å². The van der Waals surface area contributed by atoms with Crippen LogP contribution in [0.4, 0.5) is 9.59 Å². The van der Waals surface area contributed by atoms with Gasteiger partial charge in [0.2, 0.25) is 5.91 Å². The van der Waals surface area contributed by atoms with Gasteiger partial charge in [-0.2, -0.15) is 4.90 Å². The number of hydrogen-bond acceptors (Lipinski definition) is 7. The monoisotopic (exact) mass is 232 g/mol. The van der Waals surface area contributed by atoms with Crippen molar-refractivity contribution < 1.29 is 34.1 Å². The molecule has 0 aromatic carbocycles. The molecule has 0 radical (unpaired) electrons. The van der Waals surface area contributed by atoms with Crippen LogP contribution in [0.15, 0.2) is 0 Å². The highest BCUT2D eigenvalue weighted by Gasteiger charge is 2.51. The van der Waals surface area contributed by atoms with E-state index in [1.165, 1.54) is 0 Å². The van der Waals surface area contributed by atoms with Gasteiger partial charge in [0.25, 0.3) is 5.91 Å². The largest absolute Gasteiger partial charge is 0.466 e. The maximum atomic E-state index is 11.3. The number of nitrogens with two attached hydrogens (primary N) is 1. The molecule has 9 nitrogen and oxygen atoms in total. The predicted octanol–water partition coefficient (Wildman–Crippen LogP) is -1.36. The summed E-state index contributed by atoms with van der Waals surface area (Å²) in [6.45, 7) is 1.06. The fourth-order valence-electron chi connectivity index (χ4n) is 1.10. The van der Waals surface area contributed by atoms with Crippen molar-refractivity contribution in [3.63, 3.8) is 0 Å². The highest BCUT2D eigenvalue weighted by Crippen LogP contribution is 2.24. The average Bonchev–Trinajstić information content (AvgIpc) is 2.32. The first-order valence-corrected chi connectivity index (χ1v) is 4.03. The normalized spacial score (nSPS) is 24.5. The maximum absolute atomic E-state index is 11.3. The molecule has 0 aliphatic carbocycles. The van der Waals surface area contributed by atoms with Crippen LogP contribution >= 0.6 is 0 Å². The summed E-state index contributed by atoms with van der Waals surface area (Å²) < 4.78 is 0. The molecular weight excluding hydrogens is 224 g/mol. The van der Waals surface area contributed by atoms with Crippen molar-refractivity contribution in [2.45, 2.75) is 18.9 Å². The molecule has 0 saturated carbocycles. The summed E-state index contributed by atoms with van der Waals surface area (Å²) in [5.74, 6) is -2.12. The number of amides is 4. The first-order valence-electron chi connectivity index (χ1n) is 4.03. The number of carbonyl (C=O) groups is 4. The third-order valence-corrected chi connectivity index (χ3v) is 1.79. The van der Waals surface area contributed by atoms with Crippen LogP contribution in [0.25, 0.3) is 0 Å². The summed E-state index contributed by atoms with van der Waals surface area (Å²) in [5, 5.41) is 9.38. The Kier molecular flexibility index (Phi) is 2.81. The average molecular weight is 232 g/mol. The predicted molar refractivity (Wildman–Crippen MR) is 44.2 cm³/mol. The Morgan fingerprint density at radius 3 is 2.38 bits per heavy atom. The molecule has 1 unspecified atom stereocenters. The van der Waals surface area contributed by atoms with Gasteiger partial charge in [-0.3, -0.25) is 9.59 Å². The number of rotatable bonds is 0. The minimum atomic E-state index is -1.97. The van der Waals surface area contributed by atoms with Crippen LogP contribution < -0.4 is 5.73 Å². The molecule has 9 heteroatoms. The van der Waals surface area contributed by atoms with Crippen LogP contribution in [0.2, 0.25) is 0 Å². The van der Waals surface area contributed by atoms with Gasteiger partial charge >= 0.3 is 12.2 Å². The Morgan fingerprint density at radius 2 is 2.00 bits per heavy atom. The van der Waals surface area contributed by atoms with Gasteiger partial charge in [-0.15, -0.1) is 0 Å². The number of likely N-dealkylation sites (tertiary alicyclic amines) is 1. The molecule has 0 spiro atoms. The third kappa shape index (κ3) is 2.08. The lowest BCUT2D eigenvalue weighted by atomic mass is 10.1. The molecule has 1 heterocycles. The number of carbonyl (C=O) groups excluding carboxylic acids is 4. The zero-order valence-corrected chi connectivity index (χ0v) is 8.13. The van der Waals surface area contributed by atoms with Gasteiger partial charge in [-0.05, 0) is 6.92 Å². The second-order valence-corrected chi connectivity index (χ2v) is 3.24. The minimum Gasteiger partial charge on any atom is -0.380 e. The van der Waals surface area contributed by atoms with Crippen LogP contribution in [0, 0.1) is 0 Å². The highest BCUT2D eigenvalue weighted by molar-refractivity contribution is 6.17. The van der Waals surface area contributed by atoms with E-state index in [1.54, 1.807) is 0 Å². The van der Waals surface area contributed by atoms with Gasteiger partial charge in [0, 0.05) is 0 Å². The number of aliphatic hydroxyl groups is 1. The van der Waals surface area contributed by atoms with Gasteiger partial charge in [-0.25, -0.2) is 19.4 Å². The lowest BCUT2D eigenvalue weighted by Crippen LogP contribution is -2.42. The van der Waals surface area contributed by atoms with Crippen molar-refractivity contribution in [1.82, 2.24) is 4.90 Å². The van der Waals surface area contributed by atoms with E-state index < -0.39 is 36.0 Å². The molecule has 1 aliphatic heterocycles. The molecule has 1 saturated heterocycles. The van der Waals surface area contributed by atoms with Crippen molar-refractivity contribution >= 4 is 24.0 Å². The quantitative estimate of drug-likeness (QED) is 0.299. The molecule has 1 fully saturated rings. The van der Waals surface area contributed by atoms with E-state index in [9.17, 15) is 24.3 Å². The van der Waals surface area contributed by atoms with Gasteiger partial charge in [0.1, 0.15) is 5.60 Å². The summed E-state index contributed by atoms with van der Waals surface area (Å²) >= 11 is 0. The Bertz CT molecular complexity index is 375. The Hall–Kier alpha value is -2.16. The maximum Gasteiger partial charge on any atom is 0.466 e. The summed E-state index contributed by atoms with van der Waals surface area (Å²) in [5.41, 5.74) is 2.52. The van der Waals surface area contributed by atoms with Crippen molar-refractivity contribution in [1.29, 1.82) is 0 Å². The van der Waals surface area contributed by atoms with Crippen LogP contribution in [0.5, 0.6) is 0 Å². The van der Waals surface area contributed by atoms with E-state index in [1.807, 2.05) is 0 Å². The lowest BCUT2D eigenvalue weighted by Gasteiger charge is -2.13. The summed E-state index contributed by atoms with van der Waals surface area (Å²) in [4.78, 5) is 51.1. The van der Waals surface area contributed by atoms with Crippen molar-refractivity contribution in [3.8, 4) is 0 Å². The van der Waals surface area contributed by atoms with Crippen LogP contribution in [0.1, 0.15) is 13.3 Å². The van der Waals surface area contributed by atoms with Crippen LogP contribution in [-0.2, 0) is 19.4 Å². The van der Waals surface area contributed by atoms with E-state index in [4.69, 9.17) is 0 Å². The van der Waals surface area contributed by atoms with E-state index >= 15 is 0 Å². The molecular formula is C7H8N2O7. The zero-order valence-electron chi connectivity index (χ0n) is 8.13. The second kappa shape index (κ2) is 3.77. The lowest BCUT2D eigenvalue weighted by molar-refractivity contribution is -0.188. The number of imide groups is 3. The summed E-state index contributed by atoms with van der Waals surface area (Å²) in [6.07, 6.45) is -3.51. The SMILES string of the molecule is CC1(O)CC(=O)N(C(=O)OOC(N)=O)C1=O. The van der Waals surface area contributed by atoms with E-state index in [-0.39, 0.29) is 4.90 Å². The Morgan fingerprint density at radius 1 is 1.44 bits per heavy atom. The molecule has 1 aliphatic rings. The van der Waals surface area contributed by atoms with Gasteiger partial charge in [-0.1, -0.05) is 0 Å². The third-order valence-electron chi connectivity index (χ3n) is 1.79.